The summed E-state index contributed by atoms with van der Waals surface area (Å²) in [5, 5.41) is 9.17. The van der Waals surface area contributed by atoms with E-state index in [2.05, 4.69) is 4.72 Å². The maximum atomic E-state index is 11.9. The zero-order valence-corrected chi connectivity index (χ0v) is 13.5. The predicted molar refractivity (Wildman–Crippen MR) is 78.9 cm³/mol. The van der Waals surface area contributed by atoms with E-state index in [9.17, 15) is 18.3 Å². The normalized spacial score (nSPS) is 24.6. The van der Waals surface area contributed by atoms with Gasteiger partial charge in [0.2, 0.25) is 10.0 Å². The van der Waals surface area contributed by atoms with Crippen LogP contribution in [0.5, 0.6) is 0 Å². The molecule has 118 valence electrons. The minimum atomic E-state index is -3.31. The molecule has 1 fully saturated rings. The zero-order chi connectivity index (χ0) is 15.4. The Morgan fingerprint density at radius 3 is 2.40 bits per heavy atom. The Kier molecular flexibility index (Phi) is 6.01. The molecule has 0 radical (unpaired) electrons. The molecule has 6 heteroatoms. The van der Waals surface area contributed by atoms with Gasteiger partial charge in [-0.3, -0.25) is 4.79 Å². The van der Waals surface area contributed by atoms with Crippen molar-refractivity contribution in [3.8, 4) is 0 Å². The number of carbonyl (C=O) groups is 1. The number of nitrogens with one attached hydrogen (secondary N) is 1. The molecule has 1 rings (SSSR count). The van der Waals surface area contributed by atoms with E-state index < -0.39 is 21.9 Å². The molecule has 1 aliphatic rings. The quantitative estimate of drug-likeness (QED) is 0.788. The van der Waals surface area contributed by atoms with E-state index in [4.69, 9.17) is 0 Å². The Morgan fingerprint density at radius 2 is 1.85 bits per heavy atom. The highest BCUT2D eigenvalue weighted by molar-refractivity contribution is 7.89. The number of carboxylic acids is 1. The predicted octanol–water partition coefficient (Wildman–Crippen LogP) is 2.23. The van der Waals surface area contributed by atoms with Gasteiger partial charge in [0.05, 0.1) is 11.7 Å². The monoisotopic (exact) mass is 305 g/mol. The van der Waals surface area contributed by atoms with Gasteiger partial charge in [-0.25, -0.2) is 13.1 Å². The highest BCUT2D eigenvalue weighted by atomic mass is 32.2. The van der Waals surface area contributed by atoms with Crippen LogP contribution < -0.4 is 4.72 Å². The minimum Gasteiger partial charge on any atom is -0.481 e. The van der Waals surface area contributed by atoms with E-state index in [0.29, 0.717) is 12.8 Å². The first-order chi connectivity index (χ1) is 9.11. The van der Waals surface area contributed by atoms with Crippen molar-refractivity contribution < 1.29 is 18.3 Å². The van der Waals surface area contributed by atoms with Crippen LogP contribution in [0.3, 0.4) is 0 Å². The molecular formula is C14H27NO4S. The maximum Gasteiger partial charge on any atom is 0.306 e. The number of hydrogen-bond donors (Lipinski definition) is 2. The summed E-state index contributed by atoms with van der Waals surface area (Å²) in [6.07, 6.45) is 3.94. The van der Waals surface area contributed by atoms with E-state index in [-0.39, 0.29) is 23.6 Å². The van der Waals surface area contributed by atoms with Crippen LogP contribution in [0.2, 0.25) is 0 Å². The van der Waals surface area contributed by atoms with Gasteiger partial charge in [0.1, 0.15) is 0 Å². The summed E-state index contributed by atoms with van der Waals surface area (Å²) in [5.41, 5.74) is -0.0246. The van der Waals surface area contributed by atoms with E-state index in [1.165, 1.54) is 0 Å². The zero-order valence-electron chi connectivity index (χ0n) is 12.7. The number of aliphatic carboxylic acids is 1. The molecule has 2 unspecified atom stereocenters. The van der Waals surface area contributed by atoms with Crippen molar-refractivity contribution in [2.75, 3.05) is 12.3 Å². The van der Waals surface area contributed by atoms with Crippen LogP contribution in [0, 0.1) is 17.3 Å². The lowest BCUT2D eigenvalue weighted by Gasteiger charge is -2.28. The first kappa shape index (κ1) is 17.4. The molecule has 0 amide bonds. The Labute approximate surface area is 122 Å². The second-order valence-corrected chi connectivity index (χ2v) is 8.89. The summed E-state index contributed by atoms with van der Waals surface area (Å²) < 4.78 is 26.5. The standard InChI is InChI=1S/C14H27NO4S/c1-14(2,3)8-9-20(18,19)15-10-11-6-4-5-7-12(11)13(16)17/h11-12,15H,4-10H2,1-3H3,(H,16,17). The van der Waals surface area contributed by atoms with Crippen molar-refractivity contribution in [1.29, 1.82) is 0 Å². The molecule has 0 bridgehead atoms. The largest absolute Gasteiger partial charge is 0.481 e. The molecule has 2 N–H and O–H groups in total. The lowest BCUT2D eigenvalue weighted by molar-refractivity contribution is -0.144. The lowest BCUT2D eigenvalue weighted by Crippen LogP contribution is -2.38. The van der Waals surface area contributed by atoms with Gasteiger partial charge in [-0.1, -0.05) is 33.6 Å². The van der Waals surface area contributed by atoms with Crippen LogP contribution in [-0.4, -0.2) is 31.8 Å². The van der Waals surface area contributed by atoms with Gasteiger partial charge < -0.3 is 5.11 Å². The number of rotatable bonds is 6. The van der Waals surface area contributed by atoms with Crippen molar-refractivity contribution in [3.63, 3.8) is 0 Å². The molecule has 0 spiro atoms. The van der Waals surface area contributed by atoms with E-state index >= 15 is 0 Å². The smallest absolute Gasteiger partial charge is 0.306 e. The van der Waals surface area contributed by atoms with Crippen LogP contribution in [0.1, 0.15) is 52.9 Å². The Hall–Kier alpha value is -0.620. The van der Waals surface area contributed by atoms with Crippen molar-refractivity contribution in [2.45, 2.75) is 52.9 Å². The molecule has 1 aliphatic carbocycles. The summed E-state index contributed by atoms with van der Waals surface area (Å²) in [7, 11) is -3.31. The second kappa shape index (κ2) is 6.89. The van der Waals surface area contributed by atoms with Crippen molar-refractivity contribution >= 4 is 16.0 Å². The highest BCUT2D eigenvalue weighted by Gasteiger charge is 2.31. The van der Waals surface area contributed by atoms with Gasteiger partial charge in [-0.05, 0) is 30.6 Å². The average Bonchev–Trinajstić information content (AvgIpc) is 2.34. The first-order valence-corrected chi connectivity index (χ1v) is 8.96. The Balaban J connectivity index is 2.50. The number of hydrogen-bond acceptors (Lipinski definition) is 3. The number of sulfonamides is 1. The molecule has 0 heterocycles. The average molecular weight is 305 g/mol. The summed E-state index contributed by atoms with van der Waals surface area (Å²) in [6, 6.07) is 0. The Morgan fingerprint density at radius 1 is 1.25 bits per heavy atom. The molecule has 0 aromatic carbocycles. The Bertz CT molecular complexity index is 425. The SMILES string of the molecule is CC(C)(C)CCS(=O)(=O)NCC1CCCCC1C(=O)O. The molecule has 0 saturated heterocycles. The summed E-state index contributed by atoms with van der Waals surface area (Å²) >= 11 is 0. The summed E-state index contributed by atoms with van der Waals surface area (Å²) in [5.74, 6) is -1.19. The van der Waals surface area contributed by atoms with Gasteiger partial charge in [0.15, 0.2) is 0 Å². The summed E-state index contributed by atoms with van der Waals surface area (Å²) in [6.45, 7) is 6.27. The lowest BCUT2D eigenvalue weighted by atomic mass is 9.79. The van der Waals surface area contributed by atoms with Crippen LogP contribution in [0.25, 0.3) is 0 Å². The molecule has 20 heavy (non-hydrogen) atoms. The third-order valence-corrected chi connectivity index (χ3v) is 5.26. The minimum absolute atomic E-state index is 0.0246. The van der Waals surface area contributed by atoms with Crippen LogP contribution >= 0.6 is 0 Å². The summed E-state index contributed by atoms with van der Waals surface area (Å²) in [4.78, 5) is 11.2. The van der Waals surface area contributed by atoms with Crippen molar-refractivity contribution in [3.05, 3.63) is 0 Å². The highest BCUT2D eigenvalue weighted by Crippen LogP contribution is 2.30. The molecular weight excluding hydrogens is 278 g/mol. The van der Waals surface area contributed by atoms with E-state index in [1.807, 2.05) is 20.8 Å². The van der Waals surface area contributed by atoms with Gasteiger partial charge in [0, 0.05) is 6.54 Å². The fourth-order valence-electron chi connectivity index (χ4n) is 2.52. The van der Waals surface area contributed by atoms with Gasteiger partial charge >= 0.3 is 5.97 Å². The fraction of sp³-hybridized carbons (Fsp3) is 0.929. The van der Waals surface area contributed by atoms with Gasteiger partial charge in [0.25, 0.3) is 0 Å². The van der Waals surface area contributed by atoms with Crippen LogP contribution in [0.15, 0.2) is 0 Å². The van der Waals surface area contributed by atoms with Crippen LogP contribution in [0.4, 0.5) is 0 Å². The first-order valence-electron chi connectivity index (χ1n) is 7.31. The molecule has 0 aromatic heterocycles. The van der Waals surface area contributed by atoms with E-state index in [1.54, 1.807) is 0 Å². The van der Waals surface area contributed by atoms with Crippen LogP contribution in [-0.2, 0) is 14.8 Å². The molecule has 1 saturated carbocycles. The number of carboxylic acid groups (broad SMARTS) is 1. The third-order valence-electron chi connectivity index (χ3n) is 3.91. The molecule has 0 aromatic rings. The van der Waals surface area contributed by atoms with Crippen molar-refractivity contribution in [1.82, 2.24) is 4.72 Å². The fourth-order valence-corrected chi connectivity index (χ4v) is 4.02. The molecule has 2 atom stereocenters. The second-order valence-electron chi connectivity index (χ2n) is 6.97. The van der Waals surface area contributed by atoms with Gasteiger partial charge in [-0.2, -0.15) is 0 Å². The molecule has 0 aliphatic heterocycles. The topological polar surface area (TPSA) is 83.5 Å². The third kappa shape index (κ3) is 6.22. The maximum absolute atomic E-state index is 11.9. The van der Waals surface area contributed by atoms with Gasteiger partial charge in [-0.15, -0.1) is 0 Å². The molecule has 5 nitrogen and oxygen atoms in total. The van der Waals surface area contributed by atoms with E-state index in [0.717, 1.165) is 19.3 Å². The van der Waals surface area contributed by atoms with Crippen molar-refractivity contribution in [2.24, 2.45) is 17.3 Å².